The van der Waals surface area contributed by atoms with Gasteiger partial charge >= 0.3 is 5.97 Å². The van der Waals surface area contributed by atoms with Gasteiger partial charge in [-0.2, -0.15) is 0 Å². The highest BCUT2D eigenvalue weighted by Crippen LogP contribution is 2.43. The number of benzene rings is 3. The number of Topliss-reactive ketones (excluding diaryl/α,β-unsaturated/α-hetero) is 2. The van der Waals surface area contributed by atoms with Gasteiger partial charge < -0.3 is 9.47 Å². The zero-order chi connectivity index (χ0) is 25.1. The van der Waals surface area contributed by atoms with Gasteiger partial charge in [0.1, 0.15) is 11.7 Å². The maximum absolute atomic E-state index is 13.5. The van der Waals surface area contributed by atoms with Crippen molar-refractivity contribution in [3.8, 4) is 5.75 Å². The molecule has 8 heteroatoms. The number of halogens is 1. The molecule has 1 fully saturated rings. The lowest BCUT2D eigenvalue weighted by atomic mass is 9.86. The van der Waals surface area contributed by atoms with E-state index >= 15 is 0 Å². The normalized spacial score (nSPS) is 17.4. The summed E-state index contributed by atoms with van der Waals surface area (Å²) in [7, 11) is 1.51. The number of nitrogens with zero attached hydrogens (tertiary/aromatic N) is 1. The van der Waals surface area contributed by atoms with Crippen molar-refractivity contribution in [1.82, 2.24) is 0 Å². The molecule has 1 heterocycles. The lowest BCUT2D eigenvalue weighted by Gasteiger charge is -2.28. The summed E-state index contributed by atoms with van der Waals surface area (Å²) in [6.45, 7) is 1.93. The number of anilines is 1. The van der Waals surface area contributed by atoms with Gasteiger partial charge in [0, 0.05) is 16.3 Å². The zero-order valence-corrected chi connectivity index (χ0v) is 19.8. The van der Waals surface area contributed by atoms with Crippen LogP contribution in [-0.2, 0) is 14.3 Å². The van der Waals surface area contributed by atoms with E-state index < -0.39 is 35.4 Å². The van der Waals surface area contributed by atoms with Crippen LogP contribution < -0.4 is 9.64 Å². The number of rotatable bonds is 7. The minimum absolute atomic E-state index is 0.226. The van der Waals surface area contributed by atoms with E-state index in [4.69, 9.17) is 21.1 Å². The number of amides is 1. The molecule has 0 N–H and O–H groups in total. The van der Waals surface area contributed by atoms with Crippen LogP contribution in [0.25, 0.3) is 0 Å². The third kappa shape index (κ3) is 4.55. The Bertz CT molecular complexity index is 1290. The predicted octanol–water partition coefficient (Wildman–Crippen LogP) is 4.68. The maximum Gasteiger partial charge on any atom is 0.338 e. The summed E-state index contributed by atoms with van der Waals surface area (Å²) in [5.74, 6) is -3.41. The molecule has 0 aliphatic carbocycles. The maximum atomic E-state index is 13.5. The Kier molecular flexibility index (Phi) is 6.98. The quantitative estimate of drug-likeness (QED) is 0.206. The number of carbonyl (C=O) groups excluding carboxylic acids is 4. The smallest absolute Gasteiger partial charge is 0.338 e. The summed E-state index contributed by atoms with van der Waals surface area (Å²) in [6, 6.07) is 18.3. The summed E-state index contributed by atoms with van der Waals surface area (Å²) in [4.78, 5) is 53.3. The lowest BCUT2D eigenvalue weighted by molar-refractivity contribution is -0.135. The van der Waals surface area contributed by atoms with E-state index in [1.165, 1.54) is 24.1 Å². The van der Waals surface area contributed by atoms with Crippen LogP contribution in [0, 0.1) is 5.92 Å². The van der Waals surface area contributed by atoms with Gasteiger partial charge in [0.15, 0.2) is 5.78 Å². The second kappa shape index (κ2) is 10.1. The number of carbonyl (C=O) groups is 4. The second-order valence-electron chi connectivity index (χ2n) is 7.84. The first kappa shape index (κ1) is 24.2. The number of esters is 1. The van der Waals surface area contributed by atoms with Crippen LogP contribution in [0.2, 0.25) is 5.02 Å². The van der Waals surface area contributed by atoms with Crippen LogP contribution in [-0.4, -0.2) is 37.2 Å². The highest BCUT2D eigenvalue weighted by atomic mass is 35.5. The Morgan fingerprint density at radius 1 is 0.914 bits per heavy atom. The molecule has 178 valence electrons. The van der Waals surface area contributed by atoms with Crippen LogP contribution in [0.5, 0.6) is 5.75 Å². The Hall–Kier alpha value is -3.97. The van der Waals surface area contributed by atoms with E-state index in [1.54, 1.807) is 67.6 Å². The van der Waals surface area contributed by atoms with Gasteiger partial charge in [-0.3, -0.25) is 19.3 Å². The Balaban J connectivity index is 1.79. The molecule has 35 heavy (non-hydrogen) atoms. The highest BCUT2D eigenvalue weighted by Gasteiger charge is 2.52. The number of ether oxygens (including phenoxy) is 2. The standard InChI is InChI=1S/C27H22ClNO6/c1-3-35-27(33)17-8-12-18(13-9-17)29-23(20-6-4-5-7-21(20)28)22(25(31)26(29)32)24(30)16-10-14-19(34-2)15-11-16/h4-15,22-23H,3H2,1-2H3/t22?,23-/m1/s1. The first-order valence-corrected chi connectivity index (χ1v) is 11.3. The second-order valence-corrected chi connectivity index (χ2v) is 8.25. The number of hydrogen-bond acceptors (Lipinski definition) is 6. The SMILES string of the molecule is CCOC(=O)c1ccc(N2C(=O)C(=O)C(C(=O)c3ccc(OC)cc3)[C@H]2c2ccccc2Cl)cc1. The van der Waals surface area contributed by atoms with Crippen molar-refractivity contribution in [3.63, 3.8) is 0 Å². The molecule has 7 nitrogen and oxygen atoms in total. The van der Waals surface area contributed by atoms with Gasteiger partial charge in [-0.05, 0) is 67.1 Å². The fourth-order valence-corrected chi connectivity index (χ4v) is 4.40. The van der Waals surface area contributed by atoms with Crippen LogP contribution >= 0.6 is 11.6 Å². The van der Waals surface area contributed by atoms with Gasteiger partial charge in [0.25, 0.3) is 5.91 Å². The van der Waals surface area contributed by atoms with Gasteiger partial charge in [-0.25, -0.2) is 4.79 Å². The summed E-state index contributed by atoms with van der Waals surface area (Å²) in [6.07, 6.45) is 0. The van der Waals surface area contributed by atoms with E-state index in [2.05, 4.69) is 0 Å². The van der Waals surface area contributed by atoms with Crippen LogP contribution in [0.4, 0.5) is 5.69 Å². The molecule has 2 atom stereocenters. The summed E-state index contributed by atoms with van der Waals surface area (Å²) in [5.41, 5.74) is 1.39. The van der Waals surface area contributed by atoms with Crippen molar-refractivity contribution < 1.29 is 28.7 Å². The molecule has 1 aliphatic heterocycles. The molecule has 0 saturated carbocycles. The van der Waals surface area contributed by atoms with Crippen molar-refractivity contribution in [2.75, 3.05) is 18.6 Å². The van der Waals surface area contributed by atoms with Crippen molar-refractivity contribution in [2.45, 2.75) is 13.0 Å². The minimum Gasteiger partial charge on any atom is -0.497 e. The molecule has 0 spiro atoms. The molecule has 0 bridgehead atoms. The fraction of sp³-hybridized carbons (Fsp3) is 0.185. The Labute approximate surface area is 207 Å². The average Bonchev–Trinajstić information content (AvgIpc) is 3.14. The van der Waals surface area contributed by atoms with Gasteiger partial charge in [0.2, 0.25) is 5.78 Å². The molecule has 1 saturated heterocycles. The number of methoxy groups -OCH3 is 1. The van der Waals surface area contributed by atoms with E-state index in [0.29, 0.717) is 27.6 Å². The predicted molar refractivity (Wildman–Crippen MR) is 130 cm³/mol. The zero-order valence-electron chi connectivity index (χ0n) is 19.1. The van der Waals surface area contributed by atoms with E-state index in [0.717, 1.165) is 0 Å². The van der Waals surface area contributed by atoms with E-state index in [9.17, 15) is 19.2 Å². The molecule has 3 aromatic rings. The third-order valence-corrected chi connectivity index (χ3v) is 6.19. The molecular weight excluding hydrogens is 470 g/mol. The topological polar surface area (TPSA) is 90.0 Å². The first-order valence-electron chi connectivity index (χ1n) is 10.9. The Morgan fingerprint density at radius 3 is 2.14 bits per heavy atom. The summed E-state index contributed by atoms with van der Waals surface area (Å²) in [5, 5.41) is 0.320. The molecule has 0 radical (unpaired) electrons. The molecule has 1 amide bonds. The molecule has 0 aromatic heterocycles. The molecular formula is C27H22ClNO6. The molecule has 3 aromatic carbocycles. The van der Waals surface area contributed by atoms with Crippen molar-refractivity contribution in [1.29, 1.82) is 0 Å². The van der Waals surface area contributed by atoms with Crippen molar-refractivity contribution in [2.24, 2.45) is 5.92 Å². The number of hydrogen-bond donors (Lipinski definition) is 0. The lowest BCUT2D eigenvalue weighted by Crippen LogP contribution is -2.31. The number of ketones is 2. The van der Waals surface area contributed by atoms with Gasteiger partial charge in [-0.15, -0.1) is 0 Å². The van der Waals surface area contributed by atoms with Crippen LogP contribution in [0.3, 0.4) is 0 Å². The Morgan fingerprint density at radius 2 is 1.54 bits per heavy atom. The minimum atomic E-state index is -1.31. The molecule has 4 rings (SSSR count). The van der Waals surface area contributed by atoms with Crippen molar-refractivity contribution >= 4 is 40.7 Å². The van der Waals surface area contributed by atoms with Crippen molar-refractivity contribution in [3.05, 3.63) is 94.5 Å². The highest BCUT2D eigenvalue weighted by molar-refractivity contribution is 6.49. The first-order chi connectivity index (χ1) is 16.9. The molecule has 1 aliphatic rings. The van der Waals surface area contributed by atoms with Gasteiger partial charge in [0.05, 0.1) is 25.3 Å². The van der Waals surface area contributed by atoms with E-state index in [-0.39, 0.29) is 12.2 Å². The third-order valence-electron chi connectivity index (χ3n) is 5.84. The van der Waals surface area contributed by atoms with Crippen LogP contribution in [0.1, 0.15) is 39.2 Å². The monoisotopic (exact) mass is 491 g/mol. The summed E-state index contributed by atoms with van der Waals surface area (Å²) < 4.78 is 10.2. The molecule has 1 unspecified atom stereocenters. The largest absolute Gasteiger partial charge is 0.497 e. The van der Waals surface area contributed by atoms with E-state index in [1.807, 2.05) is 0 Å². The van der Waals surface area contributed by atoms with Crippen LogP contribution in [0.15, 0.2) is 72.8 Å². The van der Waals surface area contributed by atoms with Gasteiger partial charge in [-0.1, -0.05) is 29.8 Å². The average molecular weight is 492 g/mol. The summed E-state index contributed by atoms with van der Waals surface area (Å²) >= 11 is 6.47. The fourth-order valence-electron chi connectivity index (χ4n) is 4.15.